The van der Waals surface area contributed by atoms with Crippen LogP contribution in [-0.4, -0.2) is 45.7 Å². The smallest absolute Gasteiger partial charge is 0.373 e. The Kier molecular flexibility index (Phi) is 5.79. The summed E-state index contributed by atoms with van der Waals surface area (Å²) >= 11 is -1.18. The van der Waals surface area contributed by atoms with Gasteiger partial charge in [0.1, 0.15) is 0 Å². The summed E-state index contributed by atoms with van der Waals surface area (Å²) in [4.78, 5) is 0. The molecule has 5 atom stereocenters. The van der Waals surface area contributed by atoms with Gasteiger partial charge in [-0.05, 0) is 45.3 Å². The van der Waals surface area contributed by atoms with Crippen LogP contribution < -0.4 is 9.95 Å². The molecule has 3 rings (SSSR count). The molecule has 0 spiro atoms. The van der Waals surface area contributed by atoms with Gasteiger partial charge in [-0.25, -0.2) is 8.93 Å². The minimum atomic E-state index is -1.18. The fourth-order valence-corrected chi connectivity index (χ4v) is 3.91. The summed E-state index contributed by atoms with van der Waals surface area (Å²) in [5.41, 5.74) is 0. The lowest BCUT2D eigenvalue weighted by atomic mass is 9.87. The van der Waals surface area contributed by atoms with Crippen molar-refractivity contribution in [3.8, 4) is 0 Å². The Hall–Kier alpha value is 0.0149. The summed E-state index contributed by atoms with van der Waals surface area (Å²) in [6.07, 6.45) is 6.29. The minimum Gasteiger partial charge on any atom is -0.437 e. The lowest BCUT2D eigenvalue weighted by molar-refractivity contribution is 0.157. The minimum absolute atomic E-state index is 0.111. The predicted octanol–water partition coefficient (Wildman–Crippen LogP) is -0.294. The molecule has 0 aromatic heterocycles. The molecule has 1 heterocycles. The van der Waals surface area contributed by atoms with Crippen LogP contribution in [0.4, 0.5) is 0 Å². The van der Waals surface area contributed by atoms with Crippen molar-refractivity contribution in [3.05, 3.63) is 0 Å². The summed E-state index contributed by atoms with van der Waals surface area (Å²) in [5.74, 6) is 0. The van der Waals surface area contributed by atoms with E-state index in [1.807, 2.05) is 0 Å². The third-order valence-electron chi connectivity index (χ3n) is 3.85. The average Bonchev–Trinajstić information content (AvgIpc) is 2.96. The normalized spacial score (nSPS) is 40.7. The first-order chi connectivity index (χ1) is 9.06. The van der Waals surface area contributed by atoms with Gasteiger partial charge in [0.25, 0.3) is 0 Å². The van der Waals surface area contributed by atoms with Gasteiger partial charge in [-0.15, -0.1) is 0 Å². The highest BCUT2D eigenvalue weighted by Gasteiger charge is 2.36. The standard InChI is InChI=1S/C6H14BNO2.C5H9NO2S/c1-7(10)8-5-3-2-4-6(5)9;7-9-6-4-2-1-3-5(4)8-9/h5-6,8-10H,2-4H2,1H3;4-6H,1-3H2. The maximum Gasteiger partial charge on any atom is 0.373 e. The van der Waals surface area contributed by atoms with Gasteiger partial charge in [0.2, 0.25) is 11.3 Å². The third-order valence-corrected chi connectivity index (χ3v) is 4.76. The largest absolute Gasteiger partial charge is 0.437 e. The van der Waals surface area contributed by atoms with Gasteiger partial charge in [0, 0.05) is 12.1 Å². The quantitative estimate of drug-likeness (QED) is 0.525. The molecule has 6 nitrogen and oxygen atoms in total. The molecule has 4 N–H and O–H groups in total. The first-order valence-electron chi connectivity index (χ1n) is 7.03. The van der Waals surface area contributed by atoms with Crippen molar-refractivity contribution in [1.82, 2.24) is 9.95 Å². The number of aliphatic hydroxyl groups excluding tert-OH is 1. The Morgan fingerprint density at radius 1 is 1.32 bits per heavy atom. The molecule has 5 unspecified atom stereocenters. The second-order valence-corrected chi connectivity index (χ2v) is 6.37. The first kappa shape index (κ1) is 15.4. The Balaban J connectivity index is 0.000000141. The van der Waals surface area contributed by atoms with Crippen LogP contribution in [0.15, 0.2) is 0 Å². The zero-order valence-corrected chi connectivity index (χ0v) is 12.1. The molecule has 0 aromatic carbocycles. The summed E-state index contributed by atoms with van der Waals surface area (Å²) in [6, 6.07) is 0.492. The molecule has 1 aliphatic heterocycles. The molecule has 0 aromatic rings. The lowest BCUT2D eigenvalue weighted by Crippen LogP contribution is -2.43. The Morgan fingerprint density at radius 2 is 2.05 bits per heavy atom. The van der Waals surface area contributed by atoms with Gasteiger partial charge >= 0.3 is 7.05 Å². The molecule has 8 heteroatoms. The van der Waals surface area contributed by atoms with Crippen LogP contribution in [0, 0.1) is 0 Å². The number of rotatable bonds is 2. The van der Waals surface area contributed by atoms with E-state index in [1.54, 1.807) is 6.82 Å². The summed E-state index contributed by atoms with van der Waals surface area (Å²) in [5, 5.41) is 21.1. The highest BCUT2D eigenvalue weighted by Crippen LogP contribution is 2.27. The van der Waals surface area contributed by atoms with Gasteiger partial charge in [0.15, 0.2) is 0 Å². The molecule has 0 amide bonds. The highest BCUT2D eigenvalue weighted by molar-refractivity contribution is 7.78. The zero-order valence-electron chi connectivity index (χ0n) is 11.2. The van der Waals surface area contributed by atoms with Gasteiger partial charge in [-0.1, -0.05) is 0 Å². The van der Waals surface area contributed by atoms with Crippen LogP contribution in [-0.2, 0) is 15.4 Å². The van der Waals surface area contributed by atoms with Gasteiger partial charge in [0.05, 0.1) is 12.2 Å². The molecule has 2 saturated carbocycles. The van der Waals surface area contributed by atoms with Crippen LogP contribution in [0.3, 0.4) is 0 Å². The molecule has 110 valence electrons. The van der Waals surface area contributed by atoms with Crippen molar-refractivity contribution in [2.45, 2.75) is 69.6 Å². The van der Waals surface area contributed by atoms with E-state index >= 15 is 0 Å². The van der Waals surface area contributed by atoms with E-state index < -0.39 is 18.3 Å². The van der Waals surface area contributed by atoms with E-state index in [0.717, 1.165) is 32.1 Å². The van der Waals surface area contributed by atoms with Crippen LogP contribution in [0.2, 0.25) is 6.82 Å². The van der Waals surface area contributed by atoms with Crippen molar-refractivity contribution in [2.24, 2.45) is 0 Å². The second kappa shape index (κ2) is 7.15. The predicted molar refractivity (Wildman–Crippen MR) is 74.4 cm³/mol. The van der Waals surface area contributed by atoms with Crippen molar-refractivity contribution in [2.75, 3.05) is 0 Å². The van der Waals surface area contributed by atoms with E-state index in [4.69, 9.17) is 9.21 Å². The average molecular weight is 290 g/mol. The fraction of sp³-hybridized carbons (Fsp3) is 1.00. The maximum absolute atomic E-state index is 10.6. The van der Waals surface area contributed by atoms with Crippen molar-refractivity contribution in [3.63, 3.8) is 0 Å². The van der Waals surface area contributed by atoms with Gasteiger partial charge in [-0.3, -0.25) is 4.18 Å². The molecule has 0 radical (unpaired) electrons. The Bertz CT molecular complexity index is 307. The van der Waals surface area contributed by atoms with Crippen LogP contribution in [0.5, 0.6) is 0 Å². The topological polar surface area (TPSA) is 90.8 Å². The van der Waals surface area contributed by atoms with Crippen LogP contribution in [0.25, 0.3) is 0 Å². The molecular weight excluding hydrogens is 267 g/mol. The van der Waals surface area contributed by atoms with Crippen molar-refractivity contribution < 1.29 is 18.5 Å². The van der Waals surface area contributed by atoms with Crippen LogP contribution >= 0.6 is 0 Å². The van der Waals surface area contributed by atoms with E-state index in [2.05, 4.69) is 9.95 Å². The second-order valence-electron chi connectivity index (χ2n) is 5.47. The highest BCUT2D eigenvalue weighted by atomic mass is 32.2. The first-order valence-corrected chi connectivity index (χ1v) is 8.11. The van der Waals surface area contributed by atoms with E-state index in [1.165, 1.54) is 6.42 Å². The molecule has 3 aliphatic rings. The summed E-state index contributed by atoms with van der Waals surface area (Å²) in [7, 11) is -0.502. The van der Waals surface area contributed by atoms with E-state index in [9.17, 15) is 9.32 Å². The number of hydrogen-bond donors (Lipinski definition) is 4. The van der Waals surface area contributed by atoms with Gasteiger partial charge in [-0.2, -0.15) is 0 Å². The maximum atomic E-state index is 10.6. The number of nitrogens with one attached hydrogen (secondary N) is 2. The Morgan fingerprint density at radius 3 is 2.63 bits per heavy atom. The lowest BCUT2D eigenvalue weighted by Gasteiger charge is -2.16. The van der Waals surface area contributed by atoms with Crippen molar-refractivity contribution >= 4 is 18.3 Å². The SMILES string of the molecule is CB(O)NC1CCCC1O.O=S1NC2CCCC2O1. The fourth-order valence-electron chi connectivity index (χ4n) is 2.88. The van der Waals surface area contributed by atoms with Gasteiger partial charge < -0.3 is 15.4 Å². The van der Waals surface area contributed by atoms with Crippen molar-refractivity contribution in [1.29, 1.82) is 0 Å². The molecule has 2 aliphatic carbocycles. The monoisotopic (exact) mass is 290 g/mol. The summed E-state index contributed by atoms with van der Waals surface area (Å²) in [6.45, 7) is 1.67. The molecule has 3 fully saturated rings. The zero-order chi connectivity index (χ0) is 13.8. The third kappa shape index (κ3) is 4.51. The number of fused-ring (bicyclic) bond motifs is 1. The van der Waals surface area contributed by atoms with E-state index in [0.29, 0.717) is 6.04 Å². The Labute approximate surface area is 117 Å². The van der Waals surface area contributed by atoms with Crippen LogP contribution in [0.1, 0.15) is 38.5 Å². The molecule has 19 heavy (non-hydrogen) atoms. The van der Waals surface area contributed by atoms with E-state index in [-0.39, 0.29) is 18.2 Å². The molecule has 0 bridgehead atoms. The molecular formula is C11H23BN2O4S. The molecule has 1 saturated heterocycles. The summed E-state index contributed by atoms with van der Waals surface area (Å²) < 4.78 is 18.5. The number of hydrogen-bond acceptors (Lipinski definition) is 5. The number of aliphatic hydroxyl groups is 1.